The van der Waals surface area contributed by atoms with Crippen molar-refractivity contribution in [1.29, 1.82) is 0 Å². The maximum Gasteiger partial charge on any atom is 0.261 e. The summed E-state index contributed by atoms with van der Waals surface area (Å²) in [7, 11) is -4.06. The lowest BCUT2D eigenvalue weighted by Crippen LogP contribution is -2.25. The molecule has 0 aromatic heterocycles. The lowest BCUT2D eigenvalue weighted by Gasteiger charge is -2.15. The van der Waals surface area contributed by atoms with Gasteiger partial charge in [0.25, 0.3) is 15.9 Å². The van der Waals surface area contributed by atoms with E-state index in [1.165, 1.54) is 42.5 Å². The van der Waals surface area contributed by atoms with E-state index < -0.39 is 15.9 Å². The molecule has 218 valence electrons. The highest BCUT2D eigenvalue weighted by Crippen LogP contribution is 2.30. The van der Waals surface area contributed by atoms with Crippen LogP contribution in [0.3, 0.4) is 0 Å². The summed E-state index contributed by atoms with van der Waals surface area (Å²) in [5.41, 5.74) is 1.92. The van der Waals surface area contributed by atoms with Crippen molar-refractivity contribution in [1.82, 2.24) is 5.32 Å². The van der Waals surface area contributed by atoms with Gasteiger partial charge in [0.05, 0.1) is 21.2 Å². The molecule has 0 aliphatic carbocycles. The number of nitrogens with one attached hydrogen (secondary N) is 2. The van der Waals surface area contributed by atoms with E-state index >= 15 is 0 Å². The maximum absolute atomic E-state index is 13.3. The quantitative estimate of drug-likeness (QED) is 0.153. The first-order chi connectivity index (χ1) is 20.8. The van der Waals surface area contributed by atoms with Crippen LogP contribution >= 0.6 is 23.2 Å². The van der Waals surface area contributed by atoms with Gasteiger partial charge in [-0.15, -0.1) is 0 Å². The molecule has 0 fully saturated rings. The molecule has 0 saturated carbocycles. The molecule has 0 saturated heterocycles. The fourth-order valence-corrected chi connectivity index (χ4v) is 5.56. The van der Waals surface area contributed by atoms with Crippen LogP contribution in [0.2, 0.25) is 10.0 Å². The van der Waals surface area contributed by atoms with Crippen molar-refractivity contribution in [3.05, 3.63) is 148 Å². The number of anilines is 1. The minimum absolute atomic E-state index is 0.0233. The Bertz CT molecular complexity index is 1830. The van der Waals surface area contributed by atoms with Crippen LogP contribution in [-0.4, -0.2) is 14.3 Å². The van der Waals surface area contributed by atoms with Gasteiger partial charge < -0.3 is 14.8 Å². The summed E-state index contributed by atoms with van der Waals surface area (Å²) in [6, 6.07) is 34.3. The third-order valence-electron chi connectivity index (χ3n) is 6.32. The van der Waals surface area contributed by atoms with E-state index in [0.29, 0.717) is 28.9 Å². The third kappa shape index (κ3) is 7.87. The summed E-state index contributed by atoms with van der Waals surface area (Å²) >= 11 is 12.3. The molecule has 0 aliphatic heterocycles. The normalized spacial score (nSPS) is 11.0. The molecule has 5 rings (SSSR count). The molecule has 43 heavy (non-hydrogen) atoms. The van der Waals surface area contributed by atoms with Crippen LogP contribution < -0.4 is 19.5 Å². The predicted molar refractivity (Wildman–Crippen MR) is 169 cm³/mol. The fraction of sp³-hybridized carbons (Fsp3) is 0.0606. The first-order valence-corrected chi connectivity index (χ1v) is 15.4. The van der Waals surface area contributed by atoms with Crippen LogP contribution in [0.25, 0.3) is 0 Å². The summed E-state index contributed by atoms with van der Waals surface area (Å²) in [4.78, 5) is 13.3. The van der Waals surface area contributed by atoms with Crippen LogP contribution in [0.15, 0.2) is 126 Å². The van der Waals surface area contributed by atoms with E-state index in [4.69, 9.17) is 32.7 Å². The lowest BCUT2D eigenvalue weighted by atomic mass is 10.1. The number of benzene rings is 5. The van der Waals surface area contributed by atoms with Crippen molar-refractivity contribution >= 4 is 44.8 Å². The number of rotatable bonds is 11. The van der Waals surface area contributed by atoms with E-state index in [-0.39, 0.29) is 27.7 Å². The van der Waals surface area contributed by atoms with Crippen molar-refractivity contribution in [3.8, 4) is 17.2 Å². The van der Waals surface area contributed by atoms with Gasteiger partial charge >= 0.3 is 0 Å². The van der Waals surface area contributed by atoms with Crippen LogP contribution in [0.5, 0.6) is 17.2 Å². The first-order valence-electron chi connectivity index (χ1n) is 13.2. The van der Waals surface area contributed by atoms with E-state index in [2.05, 4.69) is 10.0 Å². The standard InChI is InChI=1S/C33H26Cl2N2O5S/c34-25-14-19-30(37-43(39,40)27-17-15-26(16-18-27)42-32-13-7-5-11-29(32)35)28(20-25)33(38)36-21-24-10-4-6-12-31(24)41-22-23-8-2-1-3-9-23/h1-20,37H,21-22H2,(H,36,38). The molecule has 0 unspecified atom stereocenters. The number of hydrogen-bond donors (Lipinski definition) is 2. The number of halogens is 2. The number of sulfonamides is 1. The highest BCUT2D eigenvalue weighted by molar-refractivity contribution is 7.92. The first kappa shape index (κ1) is 30.0. The molecule has 0 spiro atoms. The van der Waals surface area contributed by atoms with Gasteiger partial charge in [0.15, 0.2) is 0 Å². The van der Waals surface area contributed by atoms with Gasteiger partial charge in [0.2, 0.25) is 0 Å². The van der Waals surface area contributed by atoms with E-state index in [1.807, 2.05) is 54.6 Å². The van der Waals surface area contributed by atoms with Gasteiger partial charge in [-0.25, -0.2) is 8.42 Å². The number of carbonyl (C=O) groups excluding carboxylic acids is 1. The van der Waals surface area contributed by atoms with E-state index in [0.717, 1.165) is 11.1 Å². The third-order valence-corrected chi connectivity index (χ3v) is 8.25. The highest BCUT2D eigenvalue weighted by Gasteiger charge is 2.20. The predicted octanol–water partition coefficient (Wildman–Crippen LogP) is 8.10. The monoisotopic (exact) mass is 632 g/mol. The molecule has 0 atom stereocenters. The molecule has 0 radical (unpaired) electrons. The second kappa shape index (κ2) is 13.6. The van der Waals surface area contributed by atoms with Crippen molar-refractivity contribution < 1.29 is 22.7 Å². The lowest BCUT2D eigenvalue weighted by molar-refractivity contribution is 0.0951. The topological polar surface area (TPSA) is 93.7 Å². The Morgan fingerprint density at radius 1 is 0.744 bits per heavy atom. The second-order valence-electron chi connectivity index (χ2n) is 9.36. The Morgan fingerprint density at radius 2 is 1.42 bits per heavy atom. The summed E-state index contributed by atoms with van der Waals surface area (Å²) in [6.07, 6.45) is 0. The Morgan fingerprint density at radius 3 is 2.16 bits per heavy atom. The van der Waals surface area contributed by atoms with Crippen LogP contribution in [0.1, 0.15) is 21.5 Å². The zero-order valence-electron chi connectivity index (χ0n) is 22.7. The Labute approximate surface area is 260 Å². The zero-order chi connectivity index (χ0) is 30.2. The second-order valence-corrected chi connectivity index (χ2v) is 11.9. The maximum atomic E-state index is 13.3. The molecule has 2 N–H and O–H groups in total. The average Bonchev–Trinajstić information content (AvgIpc) is 3.02. The summed E-state index contributed by atoms with van der Waals surface area (Å²) in [5, 5.41) is 3.55. The molecular formula is C33H26Cl2N2O5S. The summed E-state index contributed by atoms with van der Waals surface area (Å²) < 4.78 is 40.7. The minimum atomic E-state index is -4.06. The number of hydrogen-bond acceptors (Lipinski definition) is 5. The Hall–Kier alpha value is -4.50. The van der Waals surface area contributed by atoms with Crippen LogP contribution in [0.4, 0.5) is 5.69 Å². The van der Waals surface area contributed by atoms with Gasteiger partial charge in [-0.3, -0.25) is 9.52 Å². The molecule has 10 heteroatoms. The number of carbonyl (C=O) groups is 1. The number of ether oxygens (including phenoxy) is 2. The van der Waals surface area contributed by atoms with Crippen molar-refractivity contribution in [2.45, 2.75) is 18.0 Å². The van der Waals surface area contributed by atoms with Gasteiger partial charge in [-0.05, 0) is 66.2 Å². The minimum Gasteiger partial charge on any atom is -0.489 e. The SMILES string of the molecule is O=C(NCc1ccccc1OCc1ccccc1)c1cc(Cl)ccc1NS(=O)(=O)c1ccc(Oc2ccccc2Cl)cc1. The zero-order valence-corrected chi connectivity index (χ0v) is 25.0. The molecule has 7 nitrogen and oxygen atoms in total. The van der Waals surface area contributed by atoms with Crippen molar-refractivity contribution in [2.75, 3.05) is 4.72 Å². The summed E-state index contributed by atoms with van der Waals surface area (Å²) in [5.74, 6) is 0.967. The van der Waals surface area contributed by atoms with Gasteiger partial charge in [-0.2, -0.15) is 0 Å². The van der Waals surface area contributed by atoms with Crippen molar-refractivity contribution in [2.24, 2.45) is 0 Å². The van der Waals surface area contributed by atoms with Crippen molar-refractivity contribution in [3.63, 3.8) is 0 Å². The molecule has 0 aliphatic rings. The van der Waals surface area contributed by atoms with Crippen LogP contribution in [0, 0.1) is 0 Å². The van der Waals surface area contributed by atoms with Crippen LogP contribution in [-0.2, 0) is 23.2 Å². The number of para-hydroxylation sites is 2. The van der Waals surface area contributed by atoms with Gasteiger partial charge in [0.1, 0.15) is 23.9 Å². The molecule has 0 heterocycles. The van der Waals surface area contributed by atoms with E-state index in [1.54, 1.807) is 24.3 Å². The Kier molecular flexibility index (Phi) is 9.51. The smallest absolute Gasteiger partial charge is 0.261 e. The number of amides is 1. The molecule has 0 bridgehead atoms. The largest absolute Gasteiger partial charge is 0.489 e. The molecular weight excluding hydrogens is 607 g/mol. The Balaban J connectivity index is 1.28. The van der Waals surface area contributed by atoms with E-state index in [9.17, 15) is 13.2 Å². The average molecular weight is 634 g/mol. The highest BCUT2D eigenvalue weighted by atomic mass is 35.5. The molecule has 5 aromatic rings. The van der Waals surface area contributed by atoms with Gasteiger partial charge in [-0.1, -0.05) is 83.9 Å². The fourth-order valence-electron chi connectivity index (χ4n) is 4.14. The van der Waals surface area contributed by atoms with Gasteiger partial charge in [0, 0.05) is 17.1 Å². The molecule has 1 amide bonds. The molecule has 5 aromatic carbocycles. The summed E-state index contributed by atoms with van der Waals surface area (Å²) in [6.45, 7) is 0.522.